The lowest BCUT2D eigenvalue weighted by atomic mass is 9.82. The van der Waals surface area contributed by atoms with Crippen LogP contribution < -0.4 is 10.1 Å². The van der Waals surface area contributed by atoms with Crippen LogP contribution in [0.2, 0.25) is 0 Å². The summed E-state index contributed by atoms with van der Waals surface area (Å²) < 4.78 is 5.93. The lowest BCUT2D eigenvalue weighted by Gasteiger charge is -2.45. The Balaban J connectivity index is 0.00000370. The van der Waals surface area contributed by atoms with Crippen molar-refractivity contribution in [3.63, 3.8) is 0 Å². The summed E-state index contributed by atoms with van der Waals surface area (Å²) >= 11 is 0. The SMILES string of the molecule is CCCCN1C(=O)C(CC2CCCCC2)NC(=O)C1C1CCN(Cc2ccc(Oc3ccccc3)cc2)CC1.Cl. The van der Waals surface area contributed by atoms with Gasteiger partial charge in [0.2, 0.25) is 11.8 Å². The summed E-state index contributed by atoms with van der Waals surface area (Å²) in [7, 11) is 0. The Morgan fingerprint density at radius 3 is 2.23 bits per heavy atom. The van der Waals surface area contributed by atoms with Crippen molar-refractivity contribution in [2.24, 2.45) is 11.8 Å². The zero-order valence-electron chi connectivity index (χ0n) is 23.9. The number of para-hydroxylation sites is 1. The molecule has 7 heteroatoms. The predicted octanol–water partition coefficient (Wildman–Crippen LogP) is 6.58. The van der Waals surface area contributed by atoms with Crippen LogP contribution in [0, 0.1) is 11.8 Å². The summed E-state index contributed by atoms with van der Waals surface area (Å²) in [5.74, 6) is 2.72. The Kier molecular flexibility index (Phi) is 11.3. The number of nitrogens with one attached hydrogen (secondary N) is 1. The highest BCUT2D eigenvalue weighted by Gasteiger charge is 2.45. The molecule has 0 radical (unpaired) electrons. The number of piperazine rings is 1. The number of ether oxygens (including phenoxy) is 1. The molecule has 2 amide bonds. The van der Waals surface area contributed by atoms with Crippen molar-refractivity contribution in [1.82, 2.24) is 15.1 Å². The van der Waals surface area contributed by atoms with Gasteiger partial charge in [0.25, 0.3) is 0 Å². The van der Waals surface area contributed by atoms with Crippen molar-refractivity contribution in [3.8, 4) is 11.5 Å². The summed E-state index contributed by atoms with van der Waals surface area (Å²) in [6, 6.07) is 17.5. The van der Waals surface area contributed by atoms with E-state index in [1.165, 1.54) is 37.7 Å². The predicted molar refractivity (Wildman–Crippen MR) is 162 cm³/mol. The van der Waals surface area contributed by atoms with Gasteiger partial charge >= 0.3 is 0 Å². The summed E-state index contributed by atoms with van der Waals surface area (Å²) in [6.07, 6.45) is 10.9. The Morgan fingerprint density at radius 2 is 1.55 bits per heavy atom. The maximum absolute atomic E-state index is 13.6. The number of hydrogen-bond donors (Lipinski definition) is 1. The van der Waals surface area contributed by atoms with Gasteiger partial charge in [-0.1, -0.05) is 75.8 Å². The monoisotopic (exact) mass is 567 g/mol. The van der Waals surface area contributed by atoms with Gasteiger partial charge in [0.05, 0.1) is 0 Å². The van der Waals surface area contributed by atoms with Crippen LogP contribution in [0.1, 0.15) is 76.7 Å². The number of amides is 2. The second-order valence-corrected chi connectivity index (χ2v) is 11.8. The molecule has 0 spiro atoms. The lowest BCUT2D eigenvalue weighted by molar-refractivity contribution is -0.153. The van der Waals surface area contributed by atoms with Crippen LogP contribution in [0.5, 0.6) is 11.5 Å². The average molecular weight is 568 g/mol. The topological polar surface area (TPSA) is 61.9 Å². The van der Waals surface area contributed by atoms with Crippen molar-refractivity contribution >= 4 is 24.2 Å². The minimum absolute atomic E-state index is 0. The van der Waals surface area contributed by atoms with Crippen molar-refractivity contribution in [2.75, 3.05) is 19.6 Å². The molecule has 2 unspecified atom stereocenters. The first-order valence-electron chi connectivity index (χ1n) is 15.3. The second kappa shape index (κ2) is 14.9. The number of halogens is 1. The molecule has 2 heterocycles. The fourth-order valence-electron chi connectivity index (χ4n) is 6.73. The number of rotatable bonds is 10. The first-order chi connectivity index (χ1) is 19.1. The molecule has 40 heavy (non-hydrogen) atoms. The smallest absolute Gasteiger partial charge is 0.245 e. The van der Waals surface area contributed by atoms with Gasteiger partial charge < -0.3 is 15.0 Å². The first-order valence-corrected chi connectivity index (χ1v) is 15.3. The molecule has 1 saturated carbocycles. The van der Waals surface area contributed by atoms with E-state index in [2.05, 4.69) is 29.3 Å². The molecule has 1 aliphatic carbocycles. The van der Waals surface area contributed by atoms with Crippen molar-refractivity contribution in [1.29, 1.82) is 0 Å². The molecule has 2 saturated heterocycles. The Bertz CT molecular complexity index is 1070. The maximum Gasteiger partial charge on any atom is 0.245 e. The van der Waals surface area contributed by atoms with Gasteiger partial charge in [0.15, 0.2) is 0 Å². The number of hydrogen-bond acceptors (Lipinski definition) is 4. The third-order valence-corrected chi connectivity index (χ3v) is 8.94. The van der Waals surface area contributed by atoms with E-state index in [0.717, 1.165) is 63.2 Å². The normalized spacial score (nSPS) is 23.0. The van der Waals surface area contributed by atoms with E-state index in [9.17, 15) is 9.59 Å². The minimum atomic E-state index is -0.331. The molecular formula is C33H46ClN3O3. The van der Waals surface area contributed by atoms with Crippen LogP contribution in [0.3, 0.4) is 0 Å². The zero-order valence-corrected chi connectivity index (χ0v) is 24.7. The van der Waals surface area contributed by atoms with Crippen LogP contribution in [-0.2, 0) is 16.1 Å². The average Bonchev–Trinajstić information content (AvgIpc) is 2.97. The number of carbonyl (C=O) groups is 2. The summed E-state index contributed by atoms with van der Waals surface area (Å²) in [5, 5.41) is 3.19. The van der Waals surface area contributed by atoms with Gasteiger partial charge in [-0.15, -0.1) is 12.4 Å². The van der Waals surface area contributed by atoms with E-state index in [1.807, 2.05) is 47.4 Å². The van der Waals surface area contributed by atoms with Crippen molar-refractivity contribution < 1.29 is 14.3 Å². The standard InChI is InChI=1S/C33H45N3O3.ClH/c1-2-3-20-36-31(32(37)34-30(33(36)38)23-25-10-6-4-7-11-25)27-18-21-35(22-19-27)24-26-14-16-29(17-15-26)39-28-12-8-5-9-13-28;/h5,8-9,12-17,25,27,30-31H,2-4,6-7,10-11,18-24H2,1H3,(H,34,37);1H. The molecule has 0 bridgehead atoms. The van der Waals surface area contributed by atoms with E-state index in [0.29, 0.717) is 12.5 Å². The van der Waals surface area contributed by atoms with Gasteiger partial charge in [-0.3, -0.25) is 14.5 Å². The maximum atomic E-state index is 13.6. The highest BCUT2D eigenvalue weighted by Crippen LogP contribution is 2.32. The van der Waals surface area contributed by atoms with Gasteiger partial charge in [-0.05, 0) is 80.4 Å². The lowest BCUT2D eigenvalue weighted by Crippen LogP contribution is -2.66. The quantitative estimate of drug-likeness (QED) is 0.352. The fourth-order valence-corrected chi connectivity index (χ4v) is 6.73. The molecule has 2 atom stereocenters. The van der Waals surface area contributed by atoms with E-state index < -0.39 is 0 Å². The molecule has 1 N–H and O–H groups in total. The van der Waals surface area contributed by atoms with Crippen LogP contribution in [0.15, 0.2) is 54.6 Å². The molecule has 5 rings (SSSR count). The van der Waals surface area contributed by atoms with Crippen LogP contribution >= 0.6 is 12.4 Å². The molecule has 2 aromatic carbocycles. The largest absolute Gasteiger partial charge is 0.457 e. The van der Waals surface area contributed by atoms with E-state index >= 15 is 0 Å². The van der Waals surface area contributed by atoms with E-state index in [-0.39, 0.29) is 42.2 Å². The Morgan fingerprint density at radius 1 is 0.875 bits per heavy atom. The number of nitrogens with zero attached hydrogens (tertiary/aromatic N) is 2. The number of likely N-dealkylation sites (tertiary alicyclic amines) is 1. The molecule has 3 aliphatic rings. The first kappa shape index (κ1) is 30.4. The van der Waals surface area contributed by atoms with Crippen molar-refractivity contribution in [3.05, 3.63) is 60.2 Å². The third-order valence-electron chi connectivity index (χ3n) is 8.94. The number of unbranched alkanes of at least 4 members (excludes halogenated alkanes) is 1. The van der Waals surface area contributed by atoms with Crippen LogP contribution in [0.25, 0.3) is 0 Å². The van der Waals surface area contributed by atoms with Gasteiger partial charge in [-0.2, -0.15) is 0 Å². The molecule has 218 valence electrons. The second-order valence-electron chi connectivity index (χ2n) is 11.8. The Labute approximate surface area is 246 Å². The summed E-state index contributed by atoms with van der Waals surface area (Å²) in [5.41, 5.74) is 1.26. The molecule has 2 aliphatic heterocycles. The van der Waals surface area contributed by atoms with Crippen LogP contribution in [0.4, 0.5) is 0 Å². The minimum Gasteiger partial charge on any atom is -0.457 e. The van der Waals surface area contributed by atoms with Gasteiger partial charge in [0.1, 0.15) is 23.6 Å². The highest BCUT2D eigenvalue weighted by atomic mass is 35.5. The van der Waals surface area contributed by atoms with Crippen LogP contribution in [-0.4, -0.2) is 53.3 Å². The number of piperidine rings is 1. The molecule has 3 fully saturated rings. The van der Waals surface area contributed by atoms with Gasteiger partial charge in [0, 0.05) is 13.1 Å². The van der Waals surface area contributed by atoms with Gasteiger partial charge in [-0.25, -0.2) is 0 Å². The molecule has 6 nitrogen and oxygen atoms in total. The highest BCUT2D eigenvalue weighted by molar-refractivity contribution is 5.97. The number of benzene rings is 2. The van der Waals surface area contributed by atoms with E-state index in [4.69, 9.17) is 4.74 Å². The zero-order chi connectivity index (χ0) is 27.0. The third kappa shape index (κ3) is 7.79. The Hall–Kier alpha value is -2.57. The summed E-state index contributed by atoms with van der Waals surface area (Å²) in [4.78, 5) is 31.6. The molecule has 2 aromatic rings. The summed E-state index contributed by atoms with van der Waals surface area (Å²) in [6.45, 7) is 5.63. The molecular weight excluding hydrogens is 522 g/mol. The fraction of sp³-hybridized carbons (Fsp3) is 0.576. The van der Waals surface area contributed by atoms with E-state index in [1.54, 1.807) is 0 Å². The molecule has 0 aromatic heterocycles. The number of carbonyl (C=O) groups excluding carboxylic acids is 2. The van der Waals surface area contributed by atoms with Crippen molar-refractivity contribution in [2.45, 2.75) is 89.8 Å².